The molecule has 0 aliphatic heterocycles. The zero-order chi connectivity index (χ0) is 19.6. The van der Waals surface area contributed by atoms with E-state index in [2.05, 4.69) is 5.32 Å². The summed E-state index contributed by atoms with van der Waals surface area (Å²) in [5.74, 6) is -0.128. The van der Waals surface area contributed by atoms with Crippen molar-refractivity contribution in [3.05, 3.63) is 109 Å². The van der Waals surface area contributed by atoms with E-state index in [0.717, 1.165) is 38.6 Å². The van der Waals surface area contributed by atoms with Gasteiger partial charge in [-0.25, -0.2) is 4.98 Å². The minimum atomic E-state index is -0.128. The van der Waals surface area contributed by atoms with E-state index < -0.39 is 0 Å². The number of benzene rings is 4. The van der Waals surface area contributed by atoms with E-state index in [9.17, 15) is 4.79 Å². The molecule has 3 heteroatoms. The standard InChI is InChI=1S/C26H18N2O/c29-26(21-15-8-12-18-9-4-5-13-20(18)21)28-25-17-24(19-10-2-1-3-11-19)27-23-16-7-6-14-22(23)25/h1-17H,(H,27,28,29). The summed E-state index contributed by atoms with van der Waals surface area (Å²) < 4.78 is 0. The van der Waals surface area contributed by atoms with Crippen LogP contribution in [-0.4, -0.2) is 10.9 Å². The Morgan fingerprint density at radius 1 is 0.690 bits per heavy atom. The van der Waals surface area contributed by atoms with Gasteiger partial charge in [-0.15, -0.1) is 0 Å². The number of carbonyl (C=O) groups excluding carboxylic acids is 1. The van der Waals surface area contributed by atoms with Gasteiger partial charge in [0.15, 0.2) is 0 Å². The summed E-state index contributed by atoms with van der Waals surface area (Å²) in [6, 6.07) is 33.5. The first kappa shape index (κ1) is 17.1. The van der Waals surface area contributed by atoms with Gasteiger partial charge in [0.1, 0.15) is 0 Å². The molecule has 0 radical (unpaired) electrons. The van der Waals surface area contributed by atoms with Gasteiger partial charge in [-0.05, 0) is 29.0 Å². The highest BCUT2D eigenvalue weighted by Crippen LogP contribution is 2.29. The average molecular weight is 374 g/mol. The zero-order valence-corrected chi connectivity index (χ0v) is 15.7. The SMILES string of the molecule is O=C(Nc1cc(-c2ccccc2)nc2ccccc12)c1cccc2ccccc12. The summed E-state index contributed by atoms with van der Waals surface area (Å²) in [7, 11) is 0. The van der Waals surface area contributed by atoms with Crippen LogP contribution in [0, 0.1) is 0 Å². The predicted octanol–water partition coefficient (Wildman–Crippen LogP) is 6.31. The second-order valence-corrected chi connectivity index (χ2v) is 6.92. The summed E-state index contributed by atoms with van der Waals surface area (Å²) in [6.07, 6.45) is 0. The van der Waals surface area contributed by atoms with Gasteiger partial charge in [0.25, 0.3) is 5.91 Å². The molecule has 4 aromatic carbocycles. The van der Waals surface area contributed by atoms with E-state index in [1.807, 2.05) is 103 Å². The third-order valence-electron chi connectivity index (χ3n) is 5.07. The largest absolute Gasteiger partial charge is 0.321 e. The number of para-hydroxylation sites is 1. The highest BCUT2D eigenvalue weighted by atomic mass is 16.1. The summed E-state index contributed by atoms with van der Waals surface area (Å²) in [5.41, 5.74) is 4.11. The lowest BCUT2D eigenvalue weighted by Crippen LogP contribution is -2.13. The van der Waals surface area contributed by atoms with E-state index in [1.54, 1.807) is 0 Å². The van der Waals surface area contributed by atoms with Gasteiger partial charge in [0.2, 0.25) is 0 Å². The van der Waals surface area contributed by atoms with E-state index in [0.29, 0.717) is 5.56 Å². The minimum absolute atomic E-state index is 0.128. The molecule has 3 nitrogen and oxygen atoms in total. The first-order valence-corrected chi connectivity index (χ1v) is 9.54. The second-order valence-electron chi connectivity index (χ2n) is 6.92. The first-order chi connectivity index (χ1) is 14.3. The van der Waals surface area contributed by atoms with Crippen molar-refractivity contribution in [2.45, 2.75) is 0 Å². The van der Waals surface area contributed by atoms with E-state index >= 15 is 0 Å². The van der Waals surface area contributed by atoms with Crippen molar-refractivity contribution in [2.75, 3.05) is 5.32 Å². The van der Waals surface area contributed by atoms with Crippen LogP contribution in [0.15, 0.2) is 103 Å². The van der Waals surface area contributed by atoms with Crippen LogP contribution < -0.4 is 5.32 Å². The number of amides is 1. The highest BCUT2D eigenvalue weighted by molar-refractivity contribution is 6.15. The fourth-order valence-electron chi connectivity index (χ4n) is 3.65. The van der Waals surface area contributed by atoms with Gasteiger partial charge in [-0.3, -0.25) is 4.79 Å². The molecule has 0 atom stereocenters. The molecule has 138 valence electrons. The van der Waals surface area contributed by atoms with Crippen LogP contribution in [0.25, 0.3) is 32.9 Å². The van der Waals surface area contributed by atoms with Crippen molar-refractivity contribution < 1.29 is 4.79 Å². The normalized spacial score (nSPS) is 10.9. The maximum atomic E-state index is 13.2. The highest BCUT2D eigenvalue weighted by Gasteiger charge is 2.13. The van der Waals surface area contributed by atoms with Gasteiger partial charge >= 0.3 is 0 Å². The predicted molar refractivity (Wildman–Crippen MR) is 119 cm³/mol. The van der Waals surface area contributed by atoms with Gasteiger partial charge in [-0.2, -0.15) is 0 Å². The summed E-state index contributed by atoms with van der Waals surface area (Å²) in [4.78, 5) is 18.0. The fraction of sp³-hybridized carbons (Fsp3) is 0. The summed E-state index contributed by atoms with van der Waals surface area (Å²) in [5, 5.41) is 6.03. The Bertz CT molecular complexity index is 1340. The smallest absolute Gasteiger partial charge is 0.256 e. The number of rotatable bonds is 3. The van der Waals surface area contributed by atoms with Crippen LogP contribution in [0.2, 0.25) is 0 Å². The topological polar surface area (TPSA) is 42.0 Å². The maximum absolute atomic E-state index is 13.2. The molecule has 5 rings (SSSR count). The van der Waals surface area contributed by atoms with Crippen molar-refractivity contribution in [2.24, 2.45) is 0 Å². The van der Waals surface area contributed by atoms with Crippen LogP contribution in [0.3, 0.4) is 0 Å². The molecule has 0 bridgehead atoms. The lowest BCUT2D eigenvalue weighted by molar-refractivity contribution is 0.102. The molecule has 1 heterocycles. The number of anilines is 1. The molecule has 1 aromatic heterocycles. The molecular weight excluding hydrogens is 356 g/mol. The van der Waals surface area contributed by atoms with Gasteiger partial charge in [0.05, 0.1) is 16.9 Å². The van der Waals surface area contributed by atoms with Gasteiger partial charge in [-0.1, -0.05) is 84.9 Å². The number of aromatic nitrogens is 1. The molecule has 0 aliphatic rings. The number of nitrogens with one attached hydrogen (secondary N) is 1. The molecule has 1 amide bonds. The number of hydrogen-bond acceptors (Lipinski definition) is 2. The van der Waals surface area contributed by atoms with Gasteiger partial charge in [0, 0.05) is 16.5 Å². The van der Waals surface area contributed by atoms with Crippen LogP contribution in [0.4, 0.5) is 5.69 Å². The van der Waals surface area contributed by atoms with Crippen molar-refractivity contribution in [1.29, 1.82) is 0 Å². The maximum Gasteiger partial charge on any atom is 0.256 e. The quantitative estimate of drug-likeness (QED) is 0.402. The molecule has 1 N–H and O–H groups in total. The molecular formula is C26H18N2O. The summed E-state index contributed by atoms with van der Waals surface area (Å²) >= 11 is 0. The Balaban J connectivity index is 1.62. The van der Waals surface area contributed by atoms with Crippen LogP contribution >= 0.6 is 0 Å². The summed E-state index contributed by atoms with van der Waals surface area (Å²) in [6.45, 7) is 0. The minimum Gasteiger partial charge on any atom is -0.321 e. The monoisotopic (exact) mass is 374 g/mol. The molecule has 29 heavy (non-hydrogen) atoms. The van der Waals surface area contributed by atoms with Crippen LogP contribution in [-0.2, 0) is 0 Å². The van der Waals surface area contributed by atoms with Crippen LogP contribution in [0.1, 0.15) is 10.4 Å². The lowest BCUT2D eigenvalue weighted by atomic mass is 10.0. The number of pyridine rings is 1. The Hall–Kier alpha value is -3.98. The van der Waals surface area contributed by atoms with Crippen molar-refractivity contribution >= 4 is 33.3 Å². The molecule has 0 saturated heterocycles. The Morgan fingerprint density at radius 3 is 2.24 bits per heavy atom. The van der Waals surface area contributed by atoms with E-state index in [1.165, 1.54) is 0 Å². The van der Waals surface area contributed by atoms with Crippen molar-refractivity contribution in [1.82, 2.24) is 4.98 Å². The third kappa shape index (κ3) is 3.23. The molecule has 0 spiro atoms. The molecule has 0 saturated carbocycles. The molecule has 0 fully saturated rings. The Labute approximate surface area is 168 Å². The third-order valence-corrected chi connectivity index (χ3v) is 5.07. The second kappa shape index (κ2) is 7.21. The number of nitrogens with zero attached hydrogens (tertiary/aromatic N) is 1. The van der Waals surface area contributed by atoms with E-state index in [4.69, 9.17) is 4.98 Å². The zero-order valence-electron chi connectivity index (χ0n) is 15.7. The molecule has 0 aliphatic carbocycles. The number of carbonyl (C=O) groups is 1. The molecule has 0 unspecified atom stereocenters. The Morgan fingerprint density at radius 2 is 1.38 bits per heavy atom. The Kier molecular flexibility index (Phi) is 4.26. The fourth-order valence-corrected chi connectivity index (χ4v) is 3.65. The number of hydrogen-bond donors (Lipinski definition) is 1. The first-order valence-electron chi connectivity index (χ1n) is 9.54. The molecule has 5 aromatic rings. The van der Waals surface area contributed by atoms with Crippen molar-refractivity contribution in [3.63, 3.8) is 0 Å². The van der Waals surface area contributed by atoms with E-state index in [-0.39, 0.29) is 5.91 Å². The number of fused-ring (bicyclic) bond motifs is 2. The van der Waals surface area contributed by atoms with Crippen LogP contribution in [0.5, 0.6) is 0 Å². The average Bonchev–Trinajstić information content (AvgIpc) is 2.79. The van der Waals surface area contributed by atoms with Crippen molar-refractivity contribution in [3.8, 4) is 11.3 Å². The lowest BCUT2D eigenvalue weighted by Gasteiger charge is -2.12. The van der Waals surface area contributed by atoms with Gasteiger partial charge < -0.3 is 5.32 Å².